The largest absolute Gasteiger partial charge is 0.480 e. The van der Waals surface area contributed by atoms with Crippen molar-refractivity contribution in [3.05, 3.63) is 69.7 Å². The second-order valence-corrected chi connectivity index (χ2v) is 7.73. The Morgan fingerprint density at radius 3 is 2.36 bits per heavy atom. The monoisotopic (exact) mass is 423 g/mol. The Morgan fingerprint density at radius 1 is 1.11 bits per heavy atom. The van der Waals surface area contributed by atoms with Crippen molar-refractivity contribution in [1.82, 2.24) is 0 Å². The first-order valence-corrected chi connectivity index (χ1v) is 9.68. The Morgan fingerprint density at radius 2 is 1.75 bits per heavy atom. The Balaban J connectivity index is 2.10. The van der Waals surface area contributed by atoms with Gasteiger partial charge in [0.1, 0.15) is 12.1 Å². The van der Waals surface area contributed by atoms with Gasteiger partial charge in [0, 0.05) is 22.9 Å². The van der Waals surface area contributed by atoms with E-state index in [1.165, 1.54) is 0 Å². The highest BCUT2D eigenvalue weighted by Crippen LogP contribution is 2.27. The van der Waals surface area contributed by atoms with Gasteiger partial charge in [0.05, 0.1) is 0 Å². The molecule has 2 aromatic rings. The van der Waals surface area contributed by atoms with Crippen LogP contribution in [0, 0.1) is 5.92 Å². The number of carboxylic acids is 1. The minimum atomic E-state index is -1.09. The quantitative estimate of drug-likeness (QED) is 0.572. The summed E-state index contributed by atoms with van der Waals surface area (Å²) in [5.74, 6) is -1.72. The number of esters is 1. The zero-order chi connectivity index (χ0) is 20.7. The minimum absolute atomic E-state index is 0.0770. The number of hydrogen-bond donors (Lipinski definition) is 2. The van der Waals surface area contributed by atoms with E-state index in [1.54, 1.807) is 31.2 Å². The molecule has 0 aromatic heterocycles. The summed E-state index contributed by atoms with van der Waals surface area (Å²) in [5.41, 5.74) is 7.24. The summed E-state index contributed by atoms with van der Waals surface area (Å²) in [4.78, 5) is 23.3. The fourth-order valence-corrected chi connectivity index (χ4v) is 3.33. The summed E-state index contributed by atoms with van der Waals surface area (Å²) in [6.45, 7) is 1.77. The molecular formula is C21H23Cl2NO4. The van der Waals surface area contributed by atoms with E-state index in [2.05, 4.69) is 0 Å². The number of carbonyl (C=O) groups excluding carboxylic acids is 1. The minimum Gasteiger partial charge on any atom is -0.480 e. The number of halogens is 2. The van der Waals surface area contributed by atoms with Crippen LogP contribution in [-0.2, 0) is 20.7 Å². The van der Waals surface area contributed by atoms with Crippen molar-refractivity contribution in [3.8, 4) is 0 Å². The molecule has 2 unspecified atom stereocenters. The van der Waals surface area contributed by atoms with Gasteiger partial charge in [-0.05, 0) is 47.7 Å². The first-order chi connectivity index (χ1) is 13.2. The summed E-state index contributed by atoms with van der Waals surface area (Å²) >= 11 is 12.2. The van der Waals surface area contributed by atoms with Crippen LogP contribution in [0.2, 0.25) is 10.0 Å². The summed E-state index contributed by atoms with van der Waals surface area (Å²) < 4.78 is 5.72. The molecule has 0 saturated heterocycles. The van der Waals surface area contributed by atoms with Gasteiger partial charge in [-0.1, -0.05) is 54.4 Å². The predicted octanol–water partition coefficient (Wildman–Crippen LogP) is 4.65. The van der Waals surface area contributed by atoms with Gasteiger partial charge < -0.3 is 15.6 Å². The Kier molecular flexibility index (Phi) is 8.30. The molecule has 3 atom stereocenters. The van der Waals surface area contributed by atoms with Crippen molar-refractivity contribution in [2.45, 2.75) is 38.3 Å². The molecule has 5 nitrogen and oxygen atoms in total. The highest BCUT2D eigenvalue weighted by molar-refractivity contribution is 6.30. The third kappa shape index (κ3) is 7.15. The maximum absolute atomic E-state index is 12.5. The molecule has 150 valence electrons. The van der Waals surface area contributed by atoms with E-state index in [9.17, 15) is 9.59 Å². The van der Waals surface area contributed by atoms with Gasteiger partial charge in [0.15, 0.2) is 0 Å². The lowest BCUT2D eigenvalue weighted by Crippen LogP contribution is -2.32. The Labute approximate surface area is 174 Å². The topological polar surface area (TPSA) is 89.6 Å². The molecule has 0 heterocycles. The van der Waals surface area contributed by atoms with Crippen LogP contribution < -0.4 is 5.73 Å². The van der Waals surface area contributed by atoms with E-state index in [1.807, 2.05) is 24.3 Å². The first-order valence-electron chi connectivity index (χ1n) is 8.92. The van der Waals surface area contributed by atoms with Crippen LogP contribution in [0.4, 0.5) is 0 Å². The SMILES string of the molecule is CC(CC(=O)OC(Cc1cccc(Cl)c1)c1cccc(Cl)c1)C[C@H](N)C(=O)O. The first kappa shape index (κ1) is 22.2. The van der Waals surface area contributed by atoms with Crippen molar-refractivity contribution < 1.29 is 19.4 Å². The average Bonchev–Trinajstić information content (AvgIpc) is 2.60. The van der Waals surface area contributed by atoms with Gasteiger partial charge in [-0.3, -0.25) is 9.59 Å². The molecule has 0 amide bonds. The van der Waals surface area contributed by atoms with E-state index >= 15 is 0 Å². The molecule has 2 rings (SSSR count). The lowest BCUT2D eigenvalue weighted by molar-refractivity contribution is -0.151. The molecule has 0 fully saturated rings. The lowest BCUT2D eigenvalue weighted by Gasteiger charge is -2.21. The molecule has 2 aromatic carbocycles. The van der Waals surface area contributed by atoms with Crippen molar-refractivity contribution in [1.29, 1.82) is 0 Å². The van der Waals surface area contributed by atoms with Crippen LogP contribution in [0.1, 0.15) is 37.0 Å². The van der Waals surface area contributed by atoms with Gasteiger partial charge >= 0.3 is 11.9 Å². The van der Waals surface area contributed by atoms with Crippen molar-refractivity contribution in [2.24, 2.45) is 11.7 Å². The second-order valence-electron chi connectivity index (χ2n) is 6.86. The number of aliphatic carboxylic acids is 1. The van der Waals surface area contributed by atoms with Gasteiger partial charge in [0.25, 0.3) is 0 Å². The number of hydrogen-bond acceptors (Lipinski definition) is 4. The molecule has 3 N–H and O–H groups in total. The van der Waals surface area contributed by atoms with Crippen molar-refractivity contribution in [3.63, 3.8) is 0 Å². The van der Waals surface area contributed by atoms with E-state index in [0.29, 0.717) is 16.5 Å². The zero-order valence-electron chi connectivity index (χ0n) is 15.5. The third-order valence-corrected chi connectivity index (χ3v) is 4.76. The maximum atomic E-state index is 12.5. The van der Waals surface area contributed by atoms with Crippen LogP contribution in [-0.4, -0.2) is 23.1 Å². The van der Waals surface area contributed by atoms with Crippen LogP contribution in [0.25, 0.3) is 0 Å². The lowest BCUT2D eigenvalue weighted by atomic mass is 9.98. The van der Waals surface area contributed by atoms with E-state index in [0.717, 1.165) is 11.1 Å². The fraction of sp³-hybridized carbons (Fsp3) is 0.333. The van der Waals surface area contributed by atoms with Gasteiger partial charge in [-0.2, -0.15) is 0 Å². The zero-order valence-corrected chi connectivity index (χ0v) is 17.0. The highest BCUT2D eigenvalue weighted by atomic mass is 35.5. The standard InChI is InChI=1S/C21H23Cl2NO4/c1-13(8-18(24)21(26)27)9-20(25)28-19(15-5-3-7-17(23)12-15)11-14-4-2-6-16(22)10-14/h2-7,10,12-13,18-19H,8-9,11,24H2,1H3,(H,26,27)/t13?,18-,19?/m0/s1. The van der Waals surface area contributed by atoms with Gasteiger partial charge in [0.2, 0.25) is 0 Å². The number of ether oxygens (including phenoxy) is 1. The molecule has 0 bridgehead atoms. The van der Waals surface area contributed by atoms with Crippen molar-refractivity contribution >= 4 is 35.1 Å². The molecule has 0 aliphatic heterocycles. The average molecular weight is 424 g/mol. The summed E-state index contributed by atoms with van der Waals surface area (Å²) in [7, 11) is 0. The number of rotatable bonds is 9. The van der Waals surface area contributed by atoms with Crippen LogP contribution >= 0.6 is 23.2 Å². The Bertz CT molecular complexity index is 828. The van der Waals surface area contributed by atoms with Crippen LogP contribution in [0.3, 0.4) is 0 Å². The Hall–Kier alpha value is -2.08. The molecule has 0 saturated carbocycles. The van der Waals surface area contributed by atoms with E-state index < -0.39 is 24.1 Å². The molecule has 0 radical (unpaired) electrons. The summed E-state index contributed by atoms with van der Waals surface area (Å²) in [6, 6.07) is 13.5. The molecule has 28 heavy (non-hydrogen) atoms. The molecule has 7 heteroatoms. The third-order valence-electron chi connectivity index (χ3n) is 4.29. The second kappa shape index (κ2) is 10.5. The van der Waals surface area contributed by atoms with Crippen LogP contribution in [0.15, 0.2) is 48.5 Å². The van der Waals surface area contributed by atoms with Gasteiger partial charge in [-0.15, -0.1) is 0 Å². The number of nitrogens with two attached hydrogens (primary N) is 1. The maximum Gasteiger partial charge on any atom is 0.320 e. The van der Waals surface area contributed by atoms with Crippen LogP contribution in [0.5, 0.6) is 0 Å². The highest BCUT2D eigenvalue weighted by Gasteiger charge is 2.22. The fourth-order valence-electron chi connectivity index (χ4n) is 2.92. The smallest absolute Gasteiger partial charge is 0.320 e. The van der Waals surface area contributed by atoms with Gasteiger partial charge in [-0.25, -0.2) is 0 Å². The molecular weight excluding hydrogens is 401 g/mol. The molecule has 0 aliphatic carbocycles. The van der Waals surface area contributed by atoms with Crippen molar-refractivity contribution in [2.75, 3.05) is 0 Å². The summed E-state index contributed by atoms with van der Waals surface area (Å²) in [5, 5.41) is 10.1. The van der Waals surface area contributed by atoms with E-state index in [-0.39, 0.29) is 18.8 Å². The molecule has 0 aliphatic rings. The normalized spacial score (nSPS) is 14.1. The summed E-state index contributed by atoms with van der Waals surface area (Å²) in [6.07, 6.45) is 0.175. The molecule has 0 spiro atoms. The number of benzene rings is 2. The number of carbonyl (C=O) groups is 2. The number of carboxylic acid groups (broad SMARTS) is 1. The predicted molar refractivity (Wildman–Crippen MR) is 109 cm³/mol. The van der Waals surface area contributed by atoms with E-state index in [4.69, 9.17) is 38.8 Å².